The van der Waals surface area contributed by atoms with Crippen molar-refractivity contribution in [3.63, 3.8) is 0 Å². The molecule has 0 aliphatic carbocycles. The summed E-state index contributed by atoms with van der Waals surface area (Å²) in [6.45, 7) is 0.620. The molecule has 37 heavy (non-hydrogen) atoms. The third-order valence-corrected chi connectivity index (χ3v) is 8.21. The molecule has 0 saturated carbocycles. The number of benzene rings is 3. The van der Waals surface area contributed by atoms with Crippen LogP contribution in [-0.4, -0.2) is 59.5 Å². The fourth-order valence-corrected chi connectivity index (χ4v) is 5.72. The molecule has 3 aromatic rings. The van der Waals surface area contributed by atoms with Gasteiger partial charge in [-0.15, -0.1) is 0 Å². The highest BCUT2D eigenvalue weighted by Gasteiger charge is 2.33. The normalized spacial score (nSPS) is 15.0. The molecule has 1 unspecified atom stereocenters. The highest BCUT2D eigenvalue weighted by atomic mass is 32.2. The molecule has 4 rings (SSSR count). The summed E-state index contributed by atoms with van der Waals surface area (Å²) in [7, 11) is 1.16. The van der Waals surface area contributed by atoms with E-state index in [4.69, 9.17) is 18.9 Å². The van der Waals surface area contributed by atoms with Gasteiger partial charge in [0.15, 0.2) is 21.3 Å². The second-order valence-corrected chi connectivity index (χ2v) is 10.7. The van der Waals surface area contributed by atoms with Crippen molar-refractivity contribution >= 4 is 15.7 Å². The van der Waals surface area contributed by atoms with Crippen molar-refractivity contribution in [3.8, 4) is 23.0 Å². The number of carbonyl (C=O) groups excluding carboxylic acids is 1. The van der Waals surface area contributed by atoms with Gasteiger partial charge in [-0.3, -0.25) is 4.79 Å². The molecular formula is C28H31NO7S. The van der Waals surface area contributed by atoms with E-state index in [1.807, 2.05) is 12.1 Å². The van der Waals surface area contributed by atoms with E-state index in [2.05, 4.69) is 0 Å². The minimum atomic E-state index is -3.58. The summed E-state index contributed by atoms with van der Waals surface area (Å²) in [6.07, 6.45) is 0.477. The Balaban J connectivity index is 1.58. The predicted octanol–water partition coefficient (Wildman–Crippen LogP) is 4.08. The number of sulfone groups is 1. The van der Waals surface area contributed by atoms with Crippen LogP contribution in [0.3, 0.4) is 0 Å². The summed E-state index contributed by atoms with van der Waals surface area (Å²) in [4.78, 5) is 15.3. The van der Waals surface area contributed by atoms with E-state index in [-0.39, 0.29) is 29.6 Å². The van der Waals surface area contributed by atoms with Gasteiger partial charge in [0.2, 0.25) is 5.91 Å². The van der Waals surface area contributed by atoms with Gasteiger partial charge in [0.05, 0.1) is 38.0 Å². The Morgan fingerprint density at radius 3 is 2.19 bits per heavy atom. The van der Waals surface area contributed by atoms with Gasteiger partial charge < -0.3 is 23.8 Å². The van der Waals surface area contributed by atoms with Crippen LogP contribution < -0.4 is 18.9 Å². The smallest absolute Gasteiger partial charge is 0.224 e. The predicted molar refractivity (Wildman–Crippen MR) is 139 cm³/mol. The Kier molecular flexibility index (Phi) is 8.23. The summed E-state index contributed by atoms with van der Waals surface area (Å²) in [5, 5.41) is 0. The number of nitrogens with zero attached hydrogens (tertiary/aromatic N) is 1. The second-order valence-electron chi connectivity index (χ2n) is 8.63. The van der Waals surface area contributed by atoms with Crippen molar-refractivity contribution in [2.75, 3.05) is 40.2 Å². The number of amides is 1. The van der Waals surface area contributed by atoms with Crippen LogP contribution in [0, 0.1) is 0 Å². The number of ether oxygens (including phenoxy) is 4. The van der Waals surface area contributed by atoms with Crippen LogP contribution in [0.2, 0.25) is 0 Å². The fourth-order valence-electron chi connectivity index (χ4n) is 4.46. The summed E-state index contributed by atoms with van der Waals surface area (Å²) >= 11 is 0. The molecule has 1 atom stereocenters. The van der Waals surface area contributed by atoms with E-state index in [0.717, 1.165) is 11.1 Å². The van der Waals surface area contributed by atoms with Crippen LogP contribution in [0.5, 0.6) is 23.0 Å². The molecule has 8 nitrogen and oxygen atoms in total. The van der Waals surface area contributed by atoms with Crippen LogP contribution in [0.15, 0.2) is 71.6 Å². The van der Waals surface area contributed by atoms with Crippen molar-refractivity contribution in [3.05, 3.63) is 77.9 Å². The van der Waals surface area contributed by atoms with E-state index in [1.54, 1.807) is 80.8 Å². The maximum atomic E-state index is 13.4. The molecule has 1 heterocycles. The largest absolute Gasteiger partial charge is 0.497 e. The van der Waals surface area contributed by atoms with Crippen molar-refractivity contribution in [2.24, 2.45) is 0 Å². The molecule has 196 valence electrons. The molecule has 3 aromatic carbocycles. The average Bonchev–Trinajstić information content (AvgIpc) is 2.94. The minimum absolute atomic E-state index is 0.126. The fraction of sp³-hybridized carbons (Fsp3) is 0.321. The Labute approximate surface area is 217 Å². The summed E-state index contributed by atoms with van der Waals surface area (Å²) in [5.41, 5.74) is 1.92. The number of methoxy groups -OCH3 is 3. The average molecular weight is 526 g/mol. The first-order chi connectivity index (χ1) is 17.9. The maximum Gasteiger partial charge on any atom is 0.224 e. The Morgan fingerprint density at radius 2 is 1.54 bits per heavy atom. The molecule has 0 radical (unpaired) electrons. The van der Waals surface area contributed by atoms with E-state index in [9.17, 15) is 13.2 Å². The maximum absolute atomic E-state index is 13.4. The third kappa shape index (κ3) is 5.99. The van der Waals surface area contributed by atoms with Crippen molar-refractivity contribution in [1.29, 1.82) is 0 Å². The number of hydrogen-bond donors (Lipinski definition) is 0. The zero-order chi connectivity index (χ0) is 26.4. The van der Waals surface area contributed by atoms with Gasteiger partial charge in [-0.05, 0) is 66.1 Å². The van der Waals surface area contributed by atoms with Crippen molar-refractivity contribution in [2.45, 2.75) is 23.8 Å². The molecule has 0 bridgehead atoms. The monoisotopic (exact) mass is 525 g/mol. The van der Waals surface area contributed by atoms with Gasteiger partial charge in [0, 0.05) is 13.0 Å². The number of rotatable bonds is 10. The van der Waals surface area contributed by atoms with E-state index >= 15 is 0 Å². The molecule has 1 aliphatic heterocycles. The number of fused-ring (bicyclic) bond motifs is 1. The topological polar surface area (TPSA) is 91.4 Å². The van der Waals surface area contributed by atoms with Crippen LogP contribution >= 0.6 is 0 Å². The van der Waals surface area contributed by atoms with Crippen molar-refractivity contribution in [1.82, 2.24) is 4.90 Å². The Morgan fingerprint density at radius 1 is 0.892 bits per heavy atom. The highest BCUT2D eigenvalue weighted by Crippen LogP contribution is 2.38. The van der Waals surface area contributed by atoms with Gasteiger partial charge >= 0.3 is 0 Å². The first-order valence-corrected chi connectivity index (χ1v) is 13.6. The Bertz CT molecular complexity index is 1320. The molecule has 0 spiro atoms. The number of carbonyl (C=O) groups is 1. The third-order valence-electron chi connectivity index (χ3n) is 6.48. The molecule has 0 N–H and O–H groups in total. The summed E-state index contributed by atoms with van der Waals surface area (Å²) < 4.78 is 47.8. The van der Waals surface area contributed by atoms with Crippen LogP contribution in [-0.2, 0) is 21.1 Å². The van der Waals surface area contributed by atoms with Crippen LogP contribution in [0.1, 0.15) is 23.6 Å². The van der Waals surface area contributed by atoms with Crippen molar-refractivity contribution < 1.29 is 32.2 Å². The van der Waals surface area contributed by atoms with Gasteiger partial charge in [0.25, 0.3) is 0 Å². The molecule has 1 aliphatic rings. The molecular weight excluding hydrogens is 494 g/mol. The highest BCUT2D eigenvalue weighted by molar-refractivity contribution is 7.91. The lowest BCUT2D eigenvalue weighted by Crippen LogP contribution is -2.43. The van der Waals surface area contributed by atoms with E-state index in [0.29, 0.717) is 36.0 Å². The Hall–Kier alpha value is -3.72. The molecule has 0 saturated heterocycles. The number of hydrogen-bond acceptors (Lipinski definition) is 7. The summed E-state index contributed by atoms with van der Waals surface area (Å²) in [5.74, 6) is 2.00. The first kappa shape index (κ1) is 26.3. The second kappa shape index (κ2) is 11.6. The minimum Gasteiger partial charge on any atom is -0.497 e. The van der Waals surface area contributed by atoms with Crippen LogP contribution in [0.25, 0.3) is 0 Å². The molecule has 9 heteroatoms. The standard InChI is InChI=1S/C28H31NO7S/c1-33-21-9-11-22(12-10-21)36-19-25-24-18-27(35-3)26(34-2)17-20(24)13-15-29(25)28(30)14-16-37(31,32)23-7-5-4-6-8-23/h4-12,17-18,25H,13-16,19H2,1-3H3. The zero-order valence-corrected chi connectivity index (χ0v) is 22.0. The lowest BCUT2D eigenvalue weighted by Gasteiger charge is -2.37. The summed E-state index contributed by atoms with van der Waals surface area (Å²) in [6, 6.07) is 18.8. The van der Waals surface area contributed by atoms with Gasteiger partial charge in [0.1, 0.15) is 18.1 Å². The van der Waals surface area contributed by atoms with Gasteiger partial charge in [-0.1, -0.05) is 18.2 Å². The quantitative estimate of drug-likeness (QED) is 0.394. The first-order valence-electron chi connectivity index (χ1n) is 11.9. The lowest BCUT2D eigenvalue weighted by atomic mass is 9.92. The van der Waals surface area contributed by atoms with Gasteiger partial charge in [-0.25, -0.2) is 8.42 Å². The molecule has 0 fully saturated rings. The van der Waals surface area contributed by atoms with Crippen LogP contribution in [0.4, 0.5) is 0 Å². The molecule has 1 amide bonds. The van der Waals surface area contributed by atoms with E-state index in [1.165, 1.54) is 0 Å². The van der Waals surface area contributed by atoms with E-state index < -0.39 is 15.9 Å². The SMILES string of the molecule is COc1ccc(OCC2c3cc(OC)c(OC)cc3CCN2C(=O)CCS(=O)(=O)c2ccccc2)cc1. The molecule has 0 aromatic heterocycles. The lowest BCUT2D eigenvalue weighted by molar-refractivity contribution is -0.134. The van der Waals surface area contributed by atoms with Gasteiger partial charge in [-0.2, -0.15) is 0 Å². The zero-order valence-electron chi connectivity index (χ0n) is 21.2.